The van der Waals surface area contributed by atoms with Crippen molar-refractivity contribution in [2.75, 3.05) is 0 Å². The number of hydrogen-bond donors (Lipinski definition) is 0. The van der Waals surface area contributed by atoms with Gasteiger partial charge in [-0.15, -0.1) is 0 Å². The van der Waals surface area contributed by atoms with Crippen molar-refractivity contribution in [2.45, 2.75) is 102 Å². The van der Waals surface area contributed by atoms with E-state index in [9.17, 15) is 13.2 Å². The molecule has 4 atom stereocenters. The quantitative estimate of drug-likeness (QED) is 0.0695. The molecule has 1 nitrogen and oxygen atoms in total. The third kappa shape index (κ3) is 5.92. The zero-order valence-corrected chi connectivity index (χ0v) is 29.4. The molecule has 4 rings (SSSR count). The van der Waals surface area contributed by atoms with Gasteiger partial charge in [0.1, 0.15) is 0 Å². The second-order valence-electron chi connectivity index (χ2n) is 13.3. The summed E-state index contributed by atoms with van der Waals surface area (Å²) in [6, 6.07) is 0. The summed E-state index contributed by atoms with van der Waals surface area (Å²) in [7, 11) is 0. The summed E-state index contributed by atoms with van der Waals surface area (Å²) in [6.45, 7) is 3.27. The Balaban J connectivity index is 2.80. The molecule has 3 aromatic carbocycles. The number of unbranched alkanes of at least 4 members (excludes halogenated alkanes) is 3. The predicted molar refractivity (Wildman–Crippen MR) is 163 cm³/mol. The smallest absolute Gasteiger partial charge is 0.226 e. The molecule has 1 aliphatic carbocycles. The average Bonchev–Trinajstić information content (AvgIpc) is 3.19. The zero-order chi connectivity index (χ0) is 43.5. The van der Waals surface area contributed by atoms with Gasteiger partial charge in [-0.2, -0.15) is 30.8 Å². The van der Waals surface area contributed by atoms with Crippen LogP contribution in [0.2, 0.25) is 0 Å². The molecule has 57 heavy (non-hydrogen) atoms. The van der Waals surface area contributed by atoms with Gasteiger partial charge in [0.25, 0.3) is 0 Å². The van der Waals surface area contributed by atoms with Crippen LogP contribution >= 0.6 is 0 Å². The Morgan fingerprint density at radius 1 is 0.404 bits per heavy atom. The van der Waals surface area contributed by atoms with E-state index < -0.39 is 195 Å². The van der Waals surface area contributed by atoms with Crippen molar-refractivity contribution in [1.82, 2.24) is 4.48 Å². The molecule has 0 saturated carbocycles. The monoisotopic (exact) mass is 854 g/mol. The van der Waals surface area contributed by atoms with Gasteiger partial charge in [-0.25, -0.2) is 61.5 Å². The number of nitrogens with zero attached hydrogens (tertiary/aromatic N) is 1. The summed E-state index contributed by atoms with van der Waals surface area (Å²) in [4.78, 5) is 0. The maximum absolute atomic E-state index is 19.0. The van der Waals surface area contributed by atoms with E-state index in [-0.39, 0.29) is 6.42 Å². The van der Waals surface area contributed by atoms with E-state index >= 15 is 74.6 Å². The number of benzene rings is 3. The molecule has 0 spiro atoms. The van der Waals surface area contributed by atoms with E-state index in [4.69, 9.17) is 0 Å². The Morgan fingerprint density at radius 2 is 0.667 bits per heavy atom. The number of rotatable bonds is 13. The summed E-state index contributed by atoms with van der Waals surface area (Å²) >= 11 is 0. The van der Waals surface area contributed by atoms with Crippen molar-refractivity contribution >= 4 is 17.1 Å². The van der Waals surface area contributed by atoms with Gasteiger partial charge in [0.05, 0.1) is 0 Å². The summed E-state index contributed by atoms with van der Waals surface area (Å²) in [6.07, 6.45) is -14.9. The maximum atomic E-state index is 19.0. The second-order valence-corrected chi connectivity index (χ2v) is 13.3. The first-order valence-electron chi connectivity index (χ1n) is 17.0. The van der Waals surface area contributed by atoms with E-state index in [1.165, 1.54) is 6.92 Å². The van der Waals surface area contributed by atoms with Crippen LogP contribution in [0.25, 0.3) is 0 Å². The number of alkyl halides is 3. The molecule has 0 aromatic heterocycles. The fraction of sp³-hybridized carbons (Fsp3) is 0.444. The molecule has 0 saturated heterocycles. The first-order chi connectivity index (χ1) is 26.4. The van der Waals surface area contributed by atoms with Crippen molar-refractivity contribution < 1.29 is 87.8 Å². The van der Waals surface area contributed by atoms with Crippen LogP contribution in [-0.4, -0.2) is 23.0 Å². The average molecular weight is 855 g/mol. The van der Waals surface area contributed by atoms with E-state index in [2.05, 4.69) is 0 Å². The van der Waals surface area contributed by atoms with Crippen LogP contribution in [0.5, 0.6) is 0 Å². The molecule has 21 heteroatoms. The summed E-state index contributed by atoms with van der Waals surface area (Å²) in [5.41, 5.74) is -26.3. The Hall–Kier alpha value is -4.04. The fourth-order valence-corrected chi connectivity index (χ4v) is 7.71. The van der Waals surface area contributed by atoms with Gasteiger partial charge in [-0.1, -0.05) is 52.9 Å². The number of allylic oxidation sites excluding steroid dienone is 1. The molecule has 0 radical (unpaired) electrons. The largest absolute Gasteiger partial charge is 0.236 e. The van der Waals surface area contributed by atoms with Crippen molar-refractivity contribution in [3.8, 4) is 0 Å². The van der Waals surface area contributed by atoms with Crippen molar-refractivity contribution in [3.63, 3.8) is 0 Å². The van der Waals surface area contributed by atoms with Crippen LogP contribution in [0.15, 0.2) is 11.7 Å². The highest BCUT2D eigenvalue weighted by atomic mass is 19.2. The first kappa shape index (κ1) is 45.7. The molecule has 0 heterocycles. The first-order valence-corrected chi connectivity index (χ1v) is 17.0. The molecule has 1 aliphatic rings. The zero-order valence-electron chi connectivity index (χ0n) is 29.4. The Kier molecular flexibility index (Phi) is 12.8. The van der Waals surface area contributed by atoms with Gasteiger partial charge in [0.2, 0.25) is 116 Å². The molecule has 4 unspecified atom stereocenters. The number of hydrogen-bond acceptors (Lipinski definition) is 0. The third-order valence-electron chi connectivity index (χ3n) is 10.3. The molecule has 3 aromatic rings. The van der Waals surface area contributed by atoms with Crippen molar-refractivity contribution in [1.29, 1.82) is 0 Å². The van der Waals surface area contributed by atoms with Crippen molar-refractivity contribution in [3.05, 3.63) is 98.9 Å². The predicted octanol–water partition coefficient (Wildman–Crippen LogP) is 14.0. The van der Waals surface area contributed by atoms with E-state index in [1.807, 2.05) is 0 Å². The minimum absolute atomic E-state index is 0.342. The van der Waals surface area contributed by atoms with Crippen LogP contribution in [0.1, 0.15) is 78.6 Å². The second kappa shape index (κ2) is 16.0. The Bertz CT molecular complexity index is 1860. The molecule has 0 N–H and O–H groups in total. The van der Waals surface area contributed by atoms with Gasteiger partial charge in [-0.3, -0.25) is 0 Å². The SMILES string of the molecule is CCCCC1(F)C(F)C(F)=C(F)C(CCCC)([N+](c2c(F)c(F)c(F)c(F)c2F)(c2c(F)c(F)c(F)c(F)c2F)c2c(F)c(F)c(F)c(F)c2F)C1(F)CCCC. The topological polar surface area (TPSA) is 0 Å². The Labute approximate surface area is 310 Å². The fourth-order valence-electron chi connectivity index (χ4n) is 7.71. The van der Waals surface area contributed by atoms with Crippen LogP contribution < -0.4 is 4.48 Å². The molecular formula is C36H28F20N+. The molecule has 0 amide bonds. The standard InChI is InChI=1S/C36H28F20N/c1-4-7-10-34(55)32(53)28(52)33(54)35(11-8-5-2,36(34,56)12-9-6-3)57(29-22(46)16(40)13(37)17(41)23(29)47,30-24(48)18(42)14(38)19(43)25(30)49)31-26(50)20(44)15(39)21(45)27(31)51/h32H,4-12H2,1-3H3/q+1. The summed E-state index contributed by atoms with van der Waals surface area (Å²) in [5, 5.41) is 0. The lowest BCUT2D eigenvalue weighted by Crippen LogP contribution is -2.80. The molecule has 316 valence electrons. The summed E-state index contributed by atoms with van der Waals surface area (Å²) < 4.78 is 317. The van der Waals surface area contributed by atoms with Crippen molar-refractivity contribution in [2.24, 2.45) is 0 Å². The van der Waals surface area contributed by atoms with Gasteiger partial charge >= 0.3 is 0 Å². The molecule has 0 fully saturated rings. The van der Waals surface area contributed by atoms with Crippen LogP contribution in [-0.2, 0) is 0 Å². The minimum Gasteiger partial charge on any atom is -0.236 e. The van der Waals surface area contributed by atoms with Gasteiger partial charge in [0.15, 0.2) is 23.5 Å². The van der Waals surface area contributed by atoms with E-state index in [1.54, 1.807) is 0 Å². The van der Waals surface area contributed by atoms with Crippen LogP contribution in [0.4, 0.5) is 105 Å². The number of halogens is 20. The molecule has 0 bridgehead atoms. The van der Waals surface area contributed by atoms with Crippen LogP contribution in [0, 0.1) is 87.3 Å². The lowest BCUT2D eigenvalue weighted by Gasteiger charge is -2.61. The maximum Gasteiger partial charge on any atom is 0.226 e. The molecule has 0 aliphatic heterocycles. The Morgan fingerprint density at radius 3 is 0.965 bits per heavy atom. The molecular weight excluding hydrogens is 826 g/mol. The lowest BCUT2D eigenvalue weighted by atomic mass is 9.57. The number of quaternary nitrogens is 1. The highest BCUT2D eigenvalue weighted by Gasteiger charge is 2.84. The van der Waals surface area contributed by atoms with E-state index in [0.717, 1.165) is 13.8 Å². The summed E-state index contributed by atoms with van der Waals surface area (Å²) in [5.74, 6) is -60.0. The lowest BCUT2D eigenvalue weighted by molar-refractivity contribution is -0.172. The van der Waals surface area contributed by atoms with Gasteiger partial charge in [0, 0.05) is 6.42 Å². The van der Waals surface area contributed by atoms with E-state index in [0.29, 0.717) is 0 Å². The van der Waals surface area contributed by atoms with Gasteiger partial charge < -0.3 is 0 Å². The van der Waals surface area contributed by atoms with Gasteiger partial charge in [-0.05, 0) is 19.3 Å². The van der Waals surface area contributed by atoms with Crippen LogP contribution in [0.3, 0.4) is 0 Å². The highest BCUT2D eigenvalue weighted by Crippen LogP contribution is 2.70. The third-order valence-corrected chi connectivity index (χ3v) is 10.3. The minimum atomic E-state index is -5.43. The highest BCUT2D eigenvalue weighted by molar-refractivity contribution is 5.79. The normalized spacial score (nSPS) is 22.9.